The third kappa shape index (κ3) is 3.83. The van der Waals surface area contributed by atoms with E-state index in [1.165, 1.54) is 13.8 Å². The SMILES string of the molecule is CC(C)[C@@H](NC(=O)Nc1c(F)c(F)cc(F)c1F)C(=O)O. The van der Waals surface area contributed by atoms with Crippen LogP contribution in [0.3, 0.4) is 0 Å². The summed E-state index contributed by atoms with van der Waals surface area (Å²) in [6.45, 7) is 2.98. The summed E-state index contributed by atoms with van der Waals surface area (Å²) in [6, 6.07) is -2.66. The smallest absolute Gasteiger partial charge is 0.326 e. The van der Waals surface area contributed by atoms with Crippen LogP contribution in [0.15, 0.2) is 6.07 Å². The zero-order chi connectivity index (χ0) is 16.3. The number of aliphatic carboxylic acids is 1. The standard InChI is InChI=1S/C12H12F4N2O3/c1-4(2)9(11(19)20)17-12(21)18-10-7(15)5(13)3-6(14)8(10)16/h3-4,9H,1-2H3,(H,19,20)(H2,17,18,21)/t9-/m1/s1. The summed E-state index contributed by atoms with van der Waals surface area (Å²) in [7, 11) is 0. The number of carboxylic acids is 1. The molecule has 5 nitrogen and oxygen atoms in total. The summed E-state index contributed by atoms with van der Waals surface area (Å²) < 4.78 is 52.5. The topological polar surface area (TPSA) is 78.4 Å². The van der Waals surface area contributed by atoms with E-state index in [0.29, 0.717) is 0 Å². The van der Waals surface area contributed by atoms with Gasteiger partial charge in [-0.05, 0) is 5.92 Å². The highest BCUT2D eigenvalue weighted by atomic mass is 19.2. The molecule has 3 N–H and O–H groups in total. The highest BCUT2D eigenvalue weighted by Crippen LogP contribution is 2.24. The van der Waals surface area contributed by atoms with E-state index in [4.69, 9.17) is 5.11 Å². The van der Waals surface area contributed by atoms with E-state index in [1.54, 1.807) is 5.32 Å². The van der Waals surface area contributed by atoms with E-state index in [1.807, 2.05) is 5.32 Å². The molecule has 9 heteroatoms. The molecule has 0 radical (unpaired) electrons. The van der Waals surface area contributed by atoms with Crippen LogP contribution in [0.1, 0.15) is 13.8 Å². The highest BCUT2D eigenvalue weighted by molar-refractivity contribution is 5.92. The number of carbonyl (C=O) groups excluding carboxylic acids is 1. The molecule has 2 amide bonds. The Balaban J connectivity index is 2.97. The second-order valence-electron chi connectivity index (χ2n) is 4.50. The fourth-order valence-electron chi connectivity index (χ4n) is 1.49. The molecule has 116 valence electrons. The molecule has 0 spiro atoms. The number of carboxylic acid groups (broad SMARTS) is 1. The van der Waals surface area contributed by atoms with Crippen molar-refractivity contribution in [3.63, 3.8) is 0 Å². The summed E-state index contributed by atoms with van der Waals surface area (Å²) in [5.41, 5.74) is -1.34. The van der Waals surface area contributed by atoms with Gasteiger partial charge in [-0.1, -0.05) is 13.8 Å². The zero-order valence-electron chi connectivity index (χ0n) is 11.0. The second kappa shape index (κ2) is 6.42. The lowest BCUT2D eigenvalue weighted by Gasteiger charge is -2.18. The molecule has 1 aromatic carbocycles. The van der Waals surface area contributed by atoms with Crippen LogP contribution >= 0.6 is 0 Å². The average molecular weight is 308 g/mol. The lowest BCUT2D eigenvalue weighted by Crippen LogP contribution is -2.46. The van der Waals surface area contributed by atoms with Crippen LogP contribution in [0, 0.1) is 29.2 Å². The number of amides is 2. The van der Waals surface area contributed by atoms with Gasteiger partial charge in [-0.2, -0.15) is 0 Å². The summed E-state index contributed by atoms with van der Waals surface area (Å²) >= 11 is 0. The van der Waals surface area contributed by atoms with E-state index in [0.717, 1.165) is 0 Å². The van der Waals surface area contributed by atoms with E-state index in [2.05, 4.69) is 0 Å². The number of nitrogens with one attached hydrogen (secondary N) is 2. The Labute approximate surface area is 117 Å². The minimum atomic E-state index is -1.79. The summed E-state index contributed by atoms with van der Waals surface area (Å²) in [6.07, 6.45) is 0. The molecule has 0 saturated carbocycles. The minimum absolute atomic E-state index is 0.0120. The average Bonchev–Trinajstić information content (AvgIpc) is 2.38. The number of anilines is 1. The maximum Gasteiger partial charge on any atom is 0.326 e. The molecule has 0 aromatic heterocycles. The molecular weight excluding hydrogens is 296 g/mol. The number of urea groups is 1. The molecule has 0 fully saturated rings. The third-order valence-corrected chi connectivity index (χ3v) is 2.57. The van der Waals surface area contributed by atoms with Gasteiger partial charge >= 0.3 is 12.0 Å². The van der Waals surface area contributed by atoms with Gasteiger partial charge in [0.15, 0.2) is 23.3 Å². The molecular formula is C12H12F4N2O3. The van der Waals surface area contributed by atoms with Crippen LogP contribution in [0.5, 0.6) is 0 Å². The summed E-state index contributed by atoms with van der Waals surface area (Å²) in [5, 5.41) is 12.3. The van der Waals surface area contributed by atoms with Crippen LogP contribution < -0.4 is 10.6 Å². The number of hydrogen-bond donors (Lipinski definition) is 3. The number of benzene rings is 1. The molecule has 0 heterocycles. The van der Waals surface area contributed by atoms with Crippen LogP contribution in [0.4, 0.5) is 28.0 Å². The Hall–Kier alpha value is -2.32. The van der Waals surface area contributed by atoms with Crippen molar-refractivity contribution in [1.29, 1.82) is 0 Å². The van der Waals surface area contributed by atoms with Gasteiger partial charge < -0.3 is 15.7 Å². The monoisotopic (exact) mass is 308 g/mol. The Morgan fingerprint density at radius 1 is 1.10 bits per heavy atom. The first kappa shape index (κ1) is 16.7. The first-order valence-electron chi connectivity index (χ1n) is 5.78. The van der Waals surface area contributed by atoms with E-state index in [9.17, 15) is 27.2 Å². The fraction of sp³-hybridized carbons (Fsp3) is 0.333. The predicted octanol–water partition coefficient (Wildman–Crippen LogP) is 2.47. The van der Waals surface area contributed by atoms with Crippen molar-refractivity contribution in [3.05, 3.63) is 29.3 Å². The van der Waals surface area contributed by atoms with Crippen molar-refractivity contribution in [2.45, 2.75) is 19.9 Å². The van der Waals surface area contributed by atoms with E-state index >= 15 is 0 Å². The lowest BCUT2D eigenvalue weighted by molar-refractivity contribution is -0.140. The molecule has 0 unspecified atom stereocenters. The Kier molecular flexibility index (Phi) is 5.12. The third-order valence-electron chi connectivity index (χ3n) is 2.57. The molecule has 1 atom stereocenters. The number of hydrogen-bond acceptors (Lipinski definition) is 2. The first-order valence-corrected chi connectivity index (χ1v) is 5.78. The van der Waals surface area contributed by atoms with Gasteiger partial charge in [0.1, 0.15) is 11.7 Å². The van der Waals surface area contributed by atoms with Gasteiger partial charge in [0.05, 0.1) is 0 Å². The van der Waals surface area contributed by atoms with Crippen molar-refractivity contribution in [3.8, 4) is 0 Å². The Morgan fingerprint density at radius 3 is 1.95 bits per heavy atom. The van der Waals surface area contributed by atoms with Crippen molar-refractivity contribution in [2.24, 2.45) is 5.92 Å². The van der Waals surface area contributed by atoms with Gasteiger partial charge in [0.2, 0.25) is 0 Å². The van der Waals surface area contributed by atoms with Crippen molar-refractivity contribution >= 4 is 17.7 Å². The summed E-state index contributed by atoms with van der Waals surface area (Å²) in [4.78, 5) is 22.4. The van der Waals surface area contributed by atoms with Crippen molar-refractivity contribution in [1.82, 2.24) is 5.32 Å². The zero-order valence-corrected chi connectivity index (χ0v) is 11.0. The van der Waals surface area contributed by atoms with Gasteiger partial charge in [0.25, 0.3) is 0 Å². The van der Waals surface area contributed by atoms with E-state index < -0.39 is 52.9 Å². The van der Waals surface area contributed by atoms with Gasteiger partial charge in [-0.25, -0.2) is 27.2 Å². The van der Waals surface area contributed by atoms with Crippen LogP contribution in [0.2, 0.25) is 0 Å². The molecule has 21 heavy (non-hydrogen) atoms. The molecule has 1 aromatic rings. The largest absolute Gasteiger partial charge is 0.480 e. The van der Waals surface area contributed by atoms with Gasteiger partial charge in [-0.3, -0.25) is 0 Å². The van der Waals surface area contributed by atoms with Crippen LogP contribution in [-0.2, 0) is 4.79 Å². The molecule has 0 bridgehead atoms. The molecule has 1 rings (SSSR count). The lowest BCUT2D eigenvalue weighted by atomic mass is 10.1. The number of halogens is 4. The fourth-order valence-corrected chi connectivity index (χ4v) is 1.49. The maximum absolute atomic E-state index is 13.3. The van der Waals surface area contributed by atoms with Crippen molar-refractivity contribution < 1.29 is 32.3 Å². The number of rotatable bonds is 4. The Bertz CT molecular complexity index is 552. The molecule has 0 aliphatic rings. The molecule has 0 saturated heterocycles. The highest BCUT2D eigenvalue weighted by Gasteiger charge is 2.26. The first-order chi connectivity index (χ1) is 9.65. The summed E-state index contributed by atoms with van der Waals surface area (Å²) in [5.74, 6) is -8.86. The van der Waals surface area contributed by atoms with Crippen LogP contribution in [-0.4, -0.2) is 23.1 Å². The molecule has 0 aliphatic carbocycles. The van der Waals surface area contributed by atoms with Crippen molar-refractivity contribution in [2.75, 3.05) is 5.32 Å². The minimum Gasteiger partial charge on any atom is -0.480 e. The maximum atomic E-state index is 13.3. The normalized spacial score (nSPS) is 12.1. The number of carbonyl (C=O) groups is 2. The quantitative estimate of drug-likeness (QED) is 0.590. The predicted molar refractivity (Wildman–Crippen MR) is 64.7 cm³/mol. The Morgan fingerprint density at radius 2 is 1.57 bits per heavy atom. The van der Waals surface area contributed by atoms with E-state index in [-0.39, 0.29) is 6.07 Å². The second-order valence-corrected chi connectivity index (χ2v) is 4.50. The van der Waals surface area contributed by atoms with Crippen LogP contribution in [0.25, 0.3) is 0 Å². The molecule has 0 aliphatic heterocycles. The van der Waals surface area contributed by atoms with Gasteiger partial charge in [0, 0.05) is 6.07 Å². The van der Waals surface area contributed by atoms with Gasteiger partial charge in [-0.15, -0.1) is 0 Å².